The van der Waals surface area contributed by atoms with E-state index in [9.17, 15) is 4.79 Å². The second kappa shape index (κ2) is 6.72. The van der Waals surface area contributed by atoms with Gasteiger partial charge in [0.25, 0.3) is 0 Å². The van der Waals surface area contributed by atoms with E-state index in [2.05, 4.69) is 69.4 Å². The molecule has 4 rings (SSSR count). The summed E-state index contributed by atoms with van der Waals surface area (Å²) in [4.78, 5) is 15.2. The first kappa shape index (κ1) is 15.9. The van der Waals surface area contributed by atoms with Crippen LogP contribution in [0.2, 0.25) is 0 Å². The predicted molar refractivity (Wildman–Crippen MR) is 101 cm³/mol. The summed E-state index contributed by atoms with van der Waals surface area (Å²) in [6.07, 6.45) is 5.04. The Morgan fingerprint density at radius 1 is 0.958 bits per heavy atom. The fraction of sp³-hybridized carbons (Fsp3) is 0.381. The molecule has 24 heavy (non-hydrogen) atoms. The molecule has 1 saturated carbocycles. The summed E-state index contributed by atoms with van der Waals surface area (Å²) in [7, 11) is 0. The standard InChI is InChI=1S/C21H22BrNO/c22-16-9-11-17(12-10-16)23-14-13-15-5-1-2-6-18(15)21(23)19-7-3-4-8-20(19)24/h1-2,5-6,9-12,19,21H,3-4,7-8,13-14H2/t19-,21+/m1/s1. The fourth-order valence-corrected chi connectivity index (χ4v) is 4.56. The van der Waals surface area contributed by atoms with Gasteiger partial charge in [0.15, 0.2) is 0 Å². The molecular formula is C21H22BrNO. The zero-order valence-corrected chi connectivity index (χ0v) is 15.3. The van der Waals surface area contributed by atoms with Gasteiger partial charge in [-0.15, -0.1) is 0 Å². The topological polar surface area (TPSA) is 20.3 Å². The molecule has 0 spiro atoms. The lowest BCUT2D eigenvalue weighted by atomic mass is 9.76. The normalized spacial score (nSPS) is 23.9. The van der Waals surface area contributed by atoms with Crippen LogP contribution >= 0.6 is 15.9 Å². The molecule has 3 heteroatoms. The van der Waals surface area contributed by atoms with Crippen molar-refractivity contribution in [2.24, 2.45) is 5.92 Å². The van der Waals surface area contributed by atoms with Crippen molar-refractivity contribution in [3.05, 3.63) is 64.1 Å². The highest BCUT2D eigenvalue weighted by molar-refractivity contribution is 9.10. The van der Waals surface area contributed by atoms with E-state index >= 15 is 0 Å². The van der Waals surface area contributed by atoms with Crippen molar-refractivity contribution < 1.29 is 4.79 Å². The minimum absolute atomic E-state index is 0.129. The Bertz CT molecular complexity index is 740. The quantitative estimate of drug-likeness (QED) is 0.699. The molecule has 0 aromatic heterocycles. The second-order valence-corrected chi connectivity index (χ2v) is 7.80. The minimum atomic E-state index is 0.129. The van der Waals surface area contributed by atoms with Gasteiger partial charge in [0.05, 0.1) is 6.04 Å². The maximum atomic E-state index is 12.7. The van der Waals surface area contributed by atoms with Gasteiger partial charge in [-0.3, -0.25) is 4.79 Å². The Morgan fingerprint density at radius 3 is 2.54 bits per heavy atom. The zero-order valence-electron chi connectivity index (χ0n) is 13.7. The summed E-state index contributed by atoms with van der Waals surface area (Å²) < 4.78 is 1.09. The van der Waals surface area contributed by atoms with Gasteiger partial charge in [-0.05, 0) is 54.7 Å². The predicted octanol–water partition coefficient (Wildman–Crippen LogP) is 5.31. The van der Waals surface area contributed by atoms with Crippen LogP contribution < -0.4 is 4.90 Å². The van der Waals surface area contributed by atoms with Crippen molar-refractivity contribution in [1.29, 1.82) is 0 Å². The number of hydrogen-bond donors (Lipinski definition) is 0. The highest BCUT2D eigenvalue weighted by atomic mass is 79.9. The van der Waals surface area contributed by atoms with Crippen molar-refractivity contribution in [3.8, 4) is 0 Å². The molecule has 0 unspecified atom stereocenters. The number of rotatable bonds is 2. The lowest BCUT2D eigenvalue weighted by Gasteiger charge is -2.43. The van der Waals surface area contributed by atoms with Crippen LogP contribution in [0.5, 0.6) is 0 Å². The molecule has 1 heterocycles. The first-order valence-corrected chi connectivity index (χ1v) is 9.66. The highest BCUT2D eigenvalue weighted by Gasteiger charge is 2.38. The van der Waals surface area contributed by atoms with Gasteiger partial charge in [0, 0.05) is 29.0 Å². The van der Waals surface area contributed by atoms with E-state index in [1.165, 1.54) is 23.2 Å². The number of ketones is 1. The number of anilines is 1. The van der Waals surface area contributed by atoms with Crippen LogP contribution in [-0.2, 0) is 11.2 Å². The van der Waals surface area contributed by atoms with Gasteiger partial charge in [-0.1, -0.05) is 46.6 Å². The molecule has 0 N–H and O–H groups in total. The van der Waals surface area contributed by atoms with Crippen LogP contribution in [0.3, 0.4) is 0 Å². The zero-order chi connectivity index (χ0) is 16.5. The first-order valence-electron chi connectivity index (χ1n) is 8.87. The SMILES string of the molecule is O=C1CCCC[C@H]1[C@@H]1c2ccccc2CCN1c1ccc(Br)cc1. The molecule has 2 nitrogen and oxygen atoms in total. The van der Waals surface area contributed by atoms with Gasteiger partial charge in [-0.25, -0.2) is 0 Å². The van der Waals surface area contributed by atoms with Crippen LogP contribution in [0.1, 0.15) is 42.9 Å². The maximum Gasteiger partial charge on any atom is 0.138 e. The van der Waals surface area contributed by atoms with Crippen molar-refractivity contribution in [2.45, 2.75) is 38.1 Å². The van der Waals surface area contributed by atoms with Crippen LogP contribution in [-0.4, -0.2) is 12.3 Å². The van der Waals surface area contributed by atoms with Crippen molar-refractivity contribution in [3.63, 3.8) is 0 Å². The third kappa shape index (κ3) is 2.90. The van der Waals surface area contributed by atoms with E-state index in [0.717, 1.165) is 36.7 Å². The Kier molecular flexibility index (Phi) is 4.45. The monoisotopic (exact) mass is 383 g/mol. The summed E-state index contributed by atoms with van der Waals surface area (Å²) in [6.45, 7) is 0.979. The van der Waals surface area contributed by atoms with E-state index in [0.29, 0.717) is 5.78 Å². The maximum absolute atomic E-state index is 12.7. The molecule has 2 aliphatic rings. The van der Waals surface area contributed by atoms with Crippen molar-refractivity contribution in [2.75, 3.05) is 11.4 Å². The van der Waals surface area contributed by atoms with Crippen LogP contribution in [0.25, 0.3) is 0 Å². The Labute approximate surface area is 152 Å². The molecule has 2 aromatic carbocycles. The molecular weight excluding hydrogens is 362 g/mol. The third-order valence-electron chi connectivity index (χ3n) is 5.47. The Morgan fingerprint density at radius 2 is 1.75 bits per heavy atom. The number of nitrogens with zero attached hydrogens (tertiary/aromatic N) is 1. The number of carbonyl (C=O) groups excluding carboxylic acids is 1. The lowest BCUT2D eigenvalue weighted by molar-refractivity contribution is -0.125. The summed E-state index contributed by atoms with van der Waals surface area (Å²) >= 11 is 3.52. The minimum Gasteiger partial charge on any atom is -0.363 e. The average Bonchev–Trinajstić information content (AvgIpc) is 2.62. The number of fused-ring (bicyclic) bond motifs is 1. The van der Waals surface area contributed by atoms with E-state index < -0.39 is 0 Å². The molecule has 2 atom stereocenters. The fourth-order valence-electron chi connectivity index (χ4n) is 4.30. The summed E-state index contributed by atoms with van der Waals surface area (Å²) in [6, 6.07) is 17.4. The smallest absolute Gasteiger partial charge is 0.138 e. The molecule has 124 valence electrons. The molecule has 0 radical (unpaired) electrons. The molecule has 1 aliphatic heterocycles. The summed E-state index contributed by atoms with van der Waals surface area (Å²) in [5, 5.41) is 0. The van der Waals surface area contributed by atoms with E-state index in [1.54, 1.807) is 0 Å². The first-order chi connectivity index (χ1) is 11.7. The second-order valence-electron chi connectivity index (χ2n) is 6.88. The van der Waals surface area contributed by atoms with Crippen LogP contribution in [0, 0.1) is 5.92 Å². The lowest BCUT2D eigenvalue weighted by Crippen LogP contribution is -2.42. The van der Waals surface area contributed by atoms with Gasteiger partial charge in [0.2, 0.25) is 0 Å². The molecule has 0 amide bonds. The van der Waals surface area contributed by atoms with E-state index in [-0.39, 0.29) is 12.0 Å². The third-order valence-corrected chi connectivity index (χ3v) is 6.00. The number of Topliss-reactive ketones (excluding diaryl/α,β-unsaturated/α-hetero) is 1. The Balaban J connectivity index is 1.77. The number of halogens is 1. The van der Waals surface area contributed by atoms with Crippen molar-refractivity contribution in [1.82, 2.24) is 0 Å². The van der Waals surface area contributed by atoms with Crippen LogP contribution in [0.15, 0.2) is 53.0 Å². The number of hydrogen-bond acceptors (Lipinski definition) is 2. The van der Waals surface area contributed by atoms with Crippen molar-refractivity contribution >= 4 is 27.4 Å². The summed E-state index contributed by atoms with van der Waals surface area (Å²) in [5.41, 5.74) is 3.98. The summed E-state index contributed by atoms with van der Waals surface area (Å²) in [5.74, 6) is 0.578. The molecule has 1 fully saturated rings. The van der Waals surface area contributed by atoms with E-state index in [4.69, 9.17) is 0 Å². The van der Waals surface area contributed by atoms with Gasteiger partial charge in [0.1, 0.15) is 5.78 Å². The molecule has 0 saturated heterocycles. The molecule has 1 aliphatic carbocycles. The molecule has 2 aromatic rings. The van der Waals surface area contributed by atoms with E-state index in [1.807, 2.05) is 0 Å². The largest absolute Gasteiger partial charge is 0.363 e. The molecule has 0 bridgehead atoms. The number of carbonyl (C=O) groups is 1. The van der Waals surface area contributed by atoms with Gasteiger partial charge in [-0.2, -0.15) is 0 Å². The highest BCUT2D eigenvalue weighted by Crippen LogP contribution is 2.42. The average molecular weight is 384 g/mol. The Hall–Kier alpha value is -1.61. The van der Waals surface area contributed by atoms with Crippen LogP contribution in [0.4, 0.5) is 5.69 Å². The van der Waals surface area contributed by atoms with Gasteiger partial charge >= 0.3 is 0 Å². The van der Waals surface area contributed by atoms with Gasteiger partial charge < -0.3 is 4.90 Å². The number of benzene rings is 2.